The van der Waals surface area contributed by atoms with Gasteiger partial charge in [0.25, 0.3) is 0 Å². The summed E-state index contributed by atoms with van der Waals surface area (Å²) in [7, 11) is 0. The number of carbonyl (C=O) groups excluding carboxylic acids is 2. The van der Waals surface area contributed by atoms with Crippen LogP contribution < -0.4 is 10.6 Å². The quantitative estimate of drug-likeness (QED) is 0.783. The zero-order chi connectivity index (χ0) is 17.9. The zero-order valence-corrected chi connectivity index (χ0v) is 16.5. The fourth-order valence-corrected chi connectivity index (χ4v) is 4.54. The topological polar surface area (TPSA) is 61.4 Å². The minimum Gasteiger partial charge on any atom is -0.351 e. The molecule has 1 saturated carbocycles. The molecule has 0 bridgehead atoms. The molecule has 0 aromatic heterocycles. The second-order valence-corrected chi connectivity index (χ2v) is 8.07. The molecule has 1 aromatic carbocycles. The van der Waals surface area contributed by atoms with E-state index in [-0.39, 0.29) is 30.3 Å². The highest BCUT2D eigenvalue weighted by atomic mass is 35.5. The highest BCUT2D eigenvalue weighted by molar-refractivity contribution is 5.85. The molecule has 2 saturated heterocycles. The summed E-state index contributed by atoms with van der Waals surface area (Å²) in [5.74, 6) is 1.44. The van der Waals surface area contributed by atoms with Crippen molar-refractivity contribution in [2.75, 3.05) is 19.6 Å². The molecule has 5 nitrogen and oxygen atoms in total. The van der Waals surface area contributed by atoms with Crippen LogP contribution in [0, 0.1) is 5.92 Å². The van der Waals surface area contributed by atoms with Crippen molar-refractivity contribution in [1.29, 1.82) is 0 Å². The van der Waals surface area contributed by atoms with Gasteiger partial charge >= 0.3 is 0 Å². The van der Waals surface area contributed by atoms with E-state index >= 15 is 0 Å². The van der Waals surface area contributed by atoms with Crippen molar-refractivity contribution < 1.29 is 9.59 Å². The van der Waals surface area contributed by atoms with Gasteiger partial charge in [0.05, 0.1) is 6.04 Å². The number of rotatable bonds is 6. The predicted octanol–water partition coefficient (Wildman–Crippen LogP) is 2.46. The molecule has 0 radical (unpaired) electrons. The van der Waals surface area contributed by atoms with Crippen molar-refractivity contribution in [3.8, 4) is 0 Å². The van der Waals surface area contributed by atoms with Crippen LogP contribution >= 0.6 is 12.4 Å². The Morgan fingerprint density at radius 1 is 1.19 bits per heavy atom. The average Bonchev–Trinajstić information content (AvgIpc) is 3.38. The SMILES string of the molecule is Cl.O=C(CCC1CCNCC1)NC1CC(=O)N(C2CC2c2ccccc2)C1. The third kappa shape index (κ3) is 5.02. The Bertz CT molecular complexity index is 648. The van der Waals surface area contributed by atoms with E-state index in [0.29, 0.717) is 37.3 Å². The summed E-state index contributed by atoms with van der Waals surface area (Å²) >= 11 is 0. The number of hydrogen-bond acceptors (Lipinski definition) is 3. The Labute approximate surface area is 167 Å². The Hall–Kier alpha value is -1.59. The fraction of sp³-hybridized carbons (Fsp3) is 0.619. The minimum absolute atomic E-state index is 0. The smallest absolute Gasteiger partial charge is 0.225 e. The van der Waals surface area contributed by atoms with Crippen molar-refractivity contribution in [1.82, 2.24) is 15.5 Å². The van der Waals surface area contributed by atoms with E-state index < -0.39 is 0 Å². The number of benzene rings is 1. The van der Waals surface area contributed by atoms with Crippen LogP contribution in [0.15, 0.2) is 30.3 Å². The van der Waals surface area contributed by atoms with Gasteiger partial charge in [0.1, 0.15) is 0 Å². The summed E-state index contributed by atoms with van der Waals surface area (Å²) < 4.78 is 0. The molecule has 4 rings (SSSR count). The number of halogens is 1. The van der Waals surface area contributed by atoms with Crippen LogP contribution in [0.3, 0.4) is 0 Å². The van der Waals surface area contributed by atoms with Gasteiger partial charge in [-0.1, -0.05) is 30.3 Å². The first-order valence-corrected chi connectivity index (χ1v) is 10.0. The Morgan fingerprint density at radius 2 is 1.93 bits per heavy atom. The largest absolute Gasteiger partial charge is 0.351 e. The molecule has 2 heterocycles. The molecule has 1 aromatic rings. The van der Waals surface area contributed by atoms with Crippen molar-refractivity contribution in [3.05, 3.63) is 35.9 Å². The first kappa shape index (κ1) is 20.2. The number of piperidine rings is 1. The van der Waals surface area contributed by atoms with Gasteiger partial charge in [0.15, 0.2) is 0 Å². The van der Waals surface area contributed by atoms with E-state index in [1.54, 1.807) is 0 Å². The maximum Gasteiger partial charge on any atom is 0.225 e. The van der Waals surface area contributed by atoms with Crippen LogP contribution in [0.5, 0.6) is 0 Å². The second-order valence-electron chi connectivity index (χ2n) is 8.07. The number of nitrogens with one attached hydrogen (secondary N) is 2. The number of carbonyl (C=O) groups is 2. The molecule has 3 fully saturated rings. The van der Waals surface area contributed by atoms with Gasteiger partial charge in [-0.3, -0.25) is 9.59 Å². The van der Waals surface area contributed by atoms with Crippen LogP contribution in [-0.4, -0.2) is 48.4 Å². The van der Waals surface area contributed by atoms with Gasteiger partial charge in [0.2, 0.25) is 11.8 Å². The summed E-state index contributed by atoms with van der Waals surface area (Å²) in [4.78, 5) is 26.7. The standard InChI is InChI=1S/C21H29N3O2.ClH/c25-20(7-6-15-8-10-22-11-9-15)23-17-12-21(26)24(14-17)19-13-18(19)16-4-2-1-3-5-16;/h1-5,15,17-19,22H,6-14H2,(H,23,25);1H. The molecular weight excluding hydrogens is 362 g/mol. The molecule has 1 aliphatic carbocycles. The van der Waals surface area contributed by atoms with E-state index in [9.17, 15) is 9.59 Å². The van der Waals surface area contributed by atoms with E-state index in [1.807, 2.05) is 11.0 Å². The summed E-state index contributed by atoms with van der Waals surface area (Å²) in [6.45, 7) is 2.82. The van der Waals surface area contributed by atoms with Crippen molar-refractivity contribution in [2.45, 2.75) is 56.5 Å². The normalized spacial score (nSPS) is 27.9. The van der Waals surface area contributed by atoms with E-state index in [1.165, 1.54) is 18.4 Å². The summed E-state index contributed by atoms with van der Waals surface area (Å²) in [6.07, 6.45) is 5.41. The third-order valence-corrected chi connectivity index (χ3v) is 6.15. The monoisotopic (exact) mass is 391 g/mol. The minimum atomic E-state index is -0.0138. The number of hydrogen-bond donors (Lipinski definition) is 2. The number of likely N-dealkylation sites (tertiary alicyclic amines) is 1. The Kier molecular flexibility index (Phi) is 6.77. The van der Waals surface area contributed by atoms with Crippen LogP contribution in [0.25, 0.3) is 0 Å². The van der Waals surface area contributed by atoms with Crippen molar-refractivity contribution in [3.63, 3.8) is 0 Å². The average molecular weight is 392 g/mol. The van der Waals surface area contributed by atoms with Gasteiger partial charge in [0, 0.05) is 31.3 Å². The predicted molar refractivity (Wildman–Crippen MR) is 108 cm³/mol. The van der Waals surface area contributed by atoms with E-state index in [4.69, 9.17) is 0 Å². The summed E-state index contributed by atoms with van der Waals surface area (Å²) in [5, 5.41) is 6.46. The number of nitrogens with zero attached hydrogens (tertiary/aromatic N) is 1. The molecule has 27 heavy (non-hydrogen) atoms. The third-order valence-electron chi connectivity index (χ3n) is 6.15. The van der Waals surface area contributed by atoms with Crippen LogP contribution in [0.1, 0.15) is 50.0 Å². The molecule has 2 amide bonds. The zero-order valence-electron chi connectivity index (χ0n) is 15.7. The van der Waals surface area contributed by atoms with Crippen molar-refractivity contribution >= 4 is 24.2 Å². The maximum atomic E-state index is 12.4. The van der Waals surface area contributed by atoms with Gasteiger partial charge in [-0.15, -0.1) is 12.4 Å². The van der Waals surface area contributed by atoms with Gasteiger partial charge in [-0.2, -0.15) is 0 Å². The second kappa shape index (κ2) is 9.07. The molecule has 3 atom stereocenters. The first-order chi connectivity index (χ1) is 12.7. The van der Waals surface area contributed by atoms with Gasteiger partial charge < -0.3 is 15.5 Å². The highest BCUT2D eigenvalue weighted by Crippen LogP contribution is 2.45. The highest BCUT2D eigenvalue weighted by Gasteiger charge is 2.47. The lowest BCUT2D eigenvalue weighted by Crippen LogP contribution is -2.38. The summed E-state index contributed by atoms with van der Waals surface area (Å²) in [6, 6.07) is 10.7. The molecule has 6 heteroatoms. The molecule has 0 spiro atoms. The molecule has 3 unspecified atom stereocenters. The first-order valence-electron chi connectivity index (χ1n) is 10.0. The van der Waals surface area contributed by atoms with Crippen LogP contribution in [0.4, 0.5) is 0 Å². The molecular formula is C21H30ClN3O2. The number of amides is 2. The lowest BCUT2D eigenvalue weighted by Gasteiger charge is -2.22. The lowest BCUT2D eigenvalue weighted by atomic mass is 9.93. The molecule has 2 N–H and O–H groups in total. The van der Waals surface area contributed by atoms with Crippen molar-refractivity contribution in [2.24, 2.45) is 5.92 Å². The maximum absolute atomic E-state index is 12.4. The van der Waals surface area contributed by atoms with Gasteiger partial charge in [-0.25, -0.2) is 0 Å². The summed E-state index contributed by atoms with van der Waals surface area (Å²) in [5.41, 5.74) is 1.32. The Balaban J connectivity index is 0.00000210. The van der Waals surface area contributed by atoms with Crippen LogP contribution in [0.2, 0.25) is 0 Å². The fourth-order valence-electron chi connectivity index (χ4n) is 4.54. The van der Waals surface area contributed by atoms with E-state index in [0.717, 1.165) is 25.9 Å². The van der Waals surface area contributed by atoms with Gasteiger partial charge in [-0.05, 0) is 50.3 Å². The lowest BCUT2D eigenvalue weighted by molar-refractivity contribution is -0.128. The van der Waals surface area contributed by atoms with Crippen LogP contribution in [-0.2, 0) is 9.59 Å². The molecule has 148 valence electrons. The Morgan fingerprint density at radius 3 is 2.67 bits per heavy atom. The molecule has 3 aliphatic rings. The molecule has 2 aliphatic heterocycles. The van der Waals surface area contributed by atoms with E-state index in [2.05, 4.69) is 34.9 Å².